The molecule has 1 atom stereocenters. The van der Waals surface area contributed by atoms with Crippen molar-refractivity contribution in [3.63, 3.8) is 0 Å². The Hall–Kier alpha value is -2.14. The maximum absolute atomic E-state index is 10.2. The summed E-state index contributed by atoms with van der Waals surface area (Å²) in [6, 6.07) is 14.6. The van der Waals surface area contributed by atoms with E-state index in [-0.39, 0.29) is 0 Å². The van der Waals surface area contributed by atoms with Crippen LogP contribution in [0.2, 0.25) is 0 Å². The predicted octanol–water partition coefficient (Wildman–Crippen LogP) is 3.09. The van der Waals surface area contributed by atoms with Crippen molar-refractivity contribution in [2.45, 2.75) is 19.2 Å². The second-order valence-corrected chi connectivity index (χ2v) is 6.08. The third-order valence-electron chi connectivity index (χ3n) is 3.91. The zero-order chi connectivity index (χ0) is 17.9. The summed E-state index contributed by atoms with van der Waals surface area (Å²) in [5, 5.41) is 10.2. The SMILES string of the molecule is C=CCOC[C@@H](O)CN(CC=C)Cc1cccn1Cc1ccccc1. The molecular weight excluding hydrogens is 312 g/mol. The molecule has 0 saturated heterocycles. The fourth-order valence-electron chi connectivity index (χ4n) is 2.78. The van der Waals surface area contributed by atoms with Gasteiger partial charge in [0.1, 0.15) is 0 Å². The fourth-order valence-corrected chi connectivity index (χ4v) is 2.78. The summed E-state index contributed by atoms with van der Waals surface area (Å²) in [6.07, 6.45) is 5.11. The highest BCUT2D eigenvalue weighted by Gasteiger charge is 2.13. The van der Waals surface area contributed by atoms with Crippen molar-refractivity contribution in [2.24, 2.45) is 0 Å². The predicted molar refractivity (Wildman–Crippen MR) is 102 cm³/mol. The lowest BCUT2D eigenvalue weighted by atomic mass is 10.2. The minimum absolute atomic E-state index is 0.310. The summed E-state index contributed by atoms with van der Waals surface area (Å²) in [6.45, 7) is 11.1. The minimum atomic E-state index is -0.530. The molecule has 1 N–H and O–H groups in total. The molecule has 0 amide bonds. The van der Waals surface area contributed by atoms with Gasteiger partial charge in [-0.1, -0.05) is 42.5 Å². The van der Waals surface area contributed by atoms with E-state index in [2.05, 4.69) is 65.2 Å². The molecule has 0 spiro atoms. The van der Waals surface area contributed by atoms with Crippen molar-refractivity contribution >= 4 is 0 Å². The van der Waals surface area contributed by atoms with E-state index >= 15 is 0 Å². The molecule has 0 unspecified atom stereocenters. The van der Waals surface area contributed by atoms with Crippen molar-refractivity contribution in [1.82, 2.24) is 9.47 Å². The van der Waals surface area contributed by atoms with Gasteiger partial charge in [-0.3, -0.25) is 4.90 Å². The standard InChI is InChI=1S/C21H28N2O2/c1-3-12-22(17-21(24)18-25-14-4-2)16-20-11-8-13-23(20)15-19-9-6-5-7-10-19/h3-11,13,21,24H,1-2,12,14-18H2/t21-/m0/s1. The molecule has 0 fully saturated rings. The van der Waals surface area contributed by atoms with Crippen LogP contribution in [-0.2, 0) is 17.8 Å². The quantitative estimate of drug-likeness (QED) is 0.477. The molecule has 0 aliphatic carbocycles. The van der Waals surface area contributed by atoms with Gasteiger partial charge in [-0.05, 0) is 17.7 Å². The van der Waals surface area contributed by atoms with Crippen LogP contribution in [0.5, 0.6) is 0 Å². The number of rotatable bonds is 12. The van der Waals surface area contributed by atoms with Gasteiger partial charge in [0, 0.05) is 38.1 Å². The Morgan fingerprint density at radius 1 is 1.12 bits per heavy atom. The first kappa shape index (κ1) is 19.2. The van der Waals surface area contributed by atoms with E-state index in [0.717, 1.165) is 19.6 Å². The molecule has 0 bridgehead atoms. The molecule has 0 radical (unpaired) electrons. The van der Waals surface area contributed by atoms with Gasteiger partial charge >= 0.3 is 0 Å². The maximum Gasteiger partial charge on any atom is 0.0900 e. The van der Waals surface area contributed by atoms with Crippen LogP contribution in [0.3, 0.4) is 0 Å². The van der Waals surface area contributed by atoms with Crippen LogP contribution < -0.4 is 0 Å². The van der Waals surface area contributed by atoms with E-state index in [1.165, 1.54) is 11.3 Å². The average molecular weight is 340 g/mol. The zero-order valence-electron chi connectivity index (χ0n) is 14.8. The minimum Gasteiger partial charge on any atom is -0.389 e. The summed E-state index contributed by atoms with van der Waals surface area (Å²) in [5.41, 5.74) is 2.48. The monoisotopic (exact) mass is 340 g/mol. The van der Waals surface area contributed by atoms with Gasteiger partial charge in [-0.15, -0.1) is 13.2 Å². The van der Waals surface area contributed by atoms with Crippen LogP contribution in [0.4, 0.5) is 0 Å². The average Bonchev–Trinajstić information content (AvgIpc) is 3.03. The molecule has 25 heavy (non-hydrogen) atoms. The molecule has 1 aromatic heterocycles. The second kappa shape index (κ2) is 10.7. The lowest BCUT2D eigenvalue weighted by Gasteiger charge is -2.24. The first-order valence-electron chi connectivity index (χ1n) is 8.60. The van der Waals surface area contributed by atoms with Gasteiger partial charge in [0.2, 0.25) is 0 Å². The number of ether oxygens (including phenoxy) is 1. The van der Waals surface area contributed by atoms with Crippen LogP contribution in [0, 0.1) is 0 Å². The van der Waals surface area contributed by atoms with Crippen molar-refractivity contribution in [3.8, 4) is 0 Å². The van der Waals surface area contributed by atoms with Gasteiger partial charge in [-0.2, -0.15) is 0 Å². The molecule has 0 saturated carbocycles. The van der Waals surface area contributed by atoms with Crippen LogP contribution >= 0.6 is 0 Å². The van der Waals surface area contributed by atoms with Gasteiger partial charge in [0.25, 0.3) is 0 Å². The van der Waals surface area contributed by atoms with Crippen molar-refractivity contribution < 1.29 is 9.84 Å². The van der Waals surface area contributed by atoms with E-state index in [1.807, 2.05) is 12.1 Å². The fraction of sp³-hybridized carbons (Fsp3) is 0.333. The normalized spacial score (nSPS) is 12.2. The van der Waals surface area contributed by atoms with Gasteiger partial charge in [0.05, 0.1) is 19.3 Å². The Morgan fingerprint density at radius 3 is 2.64 bits per heavy atom. The topological polar surface area (TPSA) is 37.6 Å². The van der Waals surface area contributed by atoms with E-state index in [9.17, 15) is 5.11 Å². The Kier molecular flexibility index (Phi) is 8.19. The van der Waals surface area contributed by atoms with Gasteiger partial charge in [-0.25, -0.2) is 0 Å². The lowest BCUT2D eigenvalue weighted by Crippen LogP contribution is -2.35. The molecule has 4 nitrogen and oxygen atoms in total. The van der Waals surface area contributed by atoms with E-state index < -0.39 is 6.10 Å². The number of aliphatic hydroxyl groups is 1. The zero-order valence-corrected chi connectivity index (χ0v) is 14.8. The van der Waals surface area contributed by atoms with Crippen molar-refractivity contribution in [2.75, 3.05) is 26.3 Å². The number of aromatic nitrogens is 1. The summed E-state index contributed by atoms with van der Waals surface area (Å²) in [4.78, 5) is 2.17. The van der Waals surface area contributed by atoms with E-state index in [4.69, 9.17) is 4.74 Å². The van der Waals surface area contributed by atoms with Crippen LogP contribution in [0.1, 0.15) is 11.3 Å². The molecule has 4 heteroatoms. The van der Waals surface area contributed by atoms with E-state index in [0.29, 0.717) is 19.8 Å². The Balaban J connectivity index is 1.96. The van der Waals surface area contributed by atoms with Gasteiger partial charge < -0.3 is 14.4 Å². The second-order valence-electron chi connectivity index (χ2n) is 6.08. The van der Waals surface area contributed by atoms with Crippen LogP contribution in [-0.4, -0.2) is 47.0 Å². The molecule has 2 rings (SSSR count). The van der Waals surface area contributed by atoms with Crippen molar-refractivity contribution in [1.29, 1.82) is 0 Å². The number of hydrogen-bond donors (Lipinski definition) is 1. The number of nitrogens with zero attached hydrogens (tertiary/aromatic N) is 2. The van der Waals surface area contributed by atoms with Crippen molar-refractivity contribution in [3.05, 3.63) is 85.2 Å². The van der Waals surface area contributed by atoms with Gasteiger partial charge in [0.15, 0.2) is 0 Å². The smallest absolute Gasteiger partial charge is 0.0900 e. The summed E-state index contributed by atoms with van der Waals surface area (Å²) in [5.74, 6) is 0. The molecule has 134 valence electrons. The lowest BCUT2D eigenvalue weighted by molar-refractivity contribution is 0.0266. The highest BCUT2D eigenvalue weighted by molar-refractivity contribution is 5.17. The number of benzene rings is 1. The molecule has 1 heterocycles. The summed E-state index contributed by atoms with van der Waals surface area (Å²) >= 11 is 0. The maximum atomic E-state index is 10.2. The van der Waals surface area contributed by atoms with Crippen LogP contribution in [0.25, 0.3) is 0 Å². The molecular formula is C21H28N2O2. The van der Waals surface area contributed by atoms with E-state index in [1.54, 1.807) is 6.08 Å². The highest BCUT2D eigenvalue weighted by Crippen LogP contribution is 2.11. The third-order valence-corrected chi connectivity index (χ3v) is 3.91. The Morgan fingerprint density at radius 2 is 1.92 bits per heavy atom. The highest BCUT2D eigenvalue weighted by atomic mass is 16.5. The largest absolute Gasteiger partial charge is 0.389 e. The molecule has 2 aromatic rings. The Bertz CT molecular complexity index is 636. The van der Waals surface area contributed by atoms with Crippen LogP contribution in [0.15, 0.2) is 74.0 Å². The number of hydrogen-bond acceptors (Lipinski definition) is 3. The molecule has 0 aliphatic rings. The third kappa shape index (κ3) is 6.70. The Labute approximate surface area is 150 Å². The number of aliphatic hydroxyl groups excluding tert-OH is 1. The molecule has 1 aromatic carbocycles. The first-order chi connectivity index (χ1) is 12.2. The first-order valence-corrected chi connectivity index (χ1v) is 8.60. The summed E-state index contributed by atoms with van der Waals surface area (Å²) in [7, 11) is 0. The summed E-state index contributed by atoms with van der Waals surface area (Å²) < 4.78 is 7.58. The molecule has 0 aliphatic heterocycles.